The van der Waals surface area contributed by atoms with Crippen LogP contribution in [0.2, 0.25) is 0 Å². The third-order valence-electron chi connectivity index (χ3n) is 2.37. The molecule has 0 fully saturated rings. The predicted octanol–water partition coefficient (Wildman–Crippen LogP) is 8.66. The Morgan fingerprint density at radius 3 is 1.23 bits per heavy atom. The van der Waals surface area contributed by atoms with Gasteiger partial charge in [-0.05, 0) is 70.1 Å². The summed E-state index contributed by atoms with van der Waals surface area (Å²) in [6.45, 7) is 0. The van der Waals surface area contributed by atoms with E-state index in [1.54, 1.807) is 0 Å². The average molecular weight is 439 g/mol. The van der Waals surface area contributed by atoms with Crippen molar-refractivity contribution >= 4 is 80.5 Å². The van der Waals surface area contributed by atoms with E-state index in [1.807, 2.05) is 80.5 Å². The van der Waals surface area contributed by atoms with Gasteiger partial charge in [-0.3, -0.25) is 0 Å². The summed E-state index contributed by atoms with van der Waals surface area (Å²) >= 11 is 0. The highest BCUT2D eigenvalue weighted by Gasteiger charge is 1.98. The quantitative estimate of drug-likeness (QED) is 0.249. The molecule has 0 atom stereocenters. The molecule has 0 saturated heterocycles. The second-order valence-corrected chi connectivity index (χ2v) is 17.0. The van der Waals surface area contributed by atoms with Gasteiger partial charge in [0.05, 0.1) is 0 Å². The third-order valence-corrected chi connectivity index (χ3v) is 17.6. The van der Waals surface area contributed by atoms with Gasteiger partial charge in [0.1, 0.15) is 0 Å². The fourth-order valence-electron chi connectivity index (χ4n) is 1.42. The summed E-state index contributed by atoms with van der Waals surface area (Å²) in [7, 11) is 14.9. The summed E-state index contributed by atoms with van der Waals surface area (Å²) in [5.74, 6) is 2.14. The topological polar surface area (TPSA) is 0 Å². The molecule has 2 aromatic carbocycles. The van der Waals surface area contributed by atoms with Gasteiger partial charge < -0.3 is 0 Å². The first-order chi connectivity index (χ1) is 10.9. The summed E-state index contributed by atoms with van der Waals surface area (Å²) in [6.07, 6.45) is 0. The van der Waals surface area contributed by atoms with Gasteiger partial charge in [-0.1, -0.05) is 82.3 Å². The highest BCUT2D eigenvalue weighted by Crippen LogP contribution is 2.57. The lowest BCUT2D eigenvalue weighted by molar-refractivity contribution is 1.43. The van der Waals surface area contributed by atoms with Crippen LogP contribution in [0.4, 0.5) is 0 Å². The van der Waals surface area contributed by atoms with Gasteiger partial charge in [0, 0.05) is 11.5 Å². The number of hydrogen-bond donors (Lipinski definition) is 0. The summed E-state index contributed by atoms with van der Waals surface area (Å²) < 4.78 is 0. The summed E-state index contributed by atoms with van der Waals surface area (Å²) in [6, 6.07) is 21.2. The van der Waals surface area contributed by atoms with Crippen LogP contribution >= 0.6 is 80.5 Å². The van der Waals surface area contributed by atoms with Crippen LogP contribution in [0, 0.1) is 0 Å². The maximum absolute atomic E-state index is 2.18. The standard InChI is InChI=1S/C14H14S8/c1-3-7-13(8-4-1)11-15-17-19-21-22-20-18-16-12-14-9-5-2-6-10-14/h1-10H,11-12H2. The van der Waals surface area contributed by atoms with E-state index in [0.717, 1.165) is 11.5 Å². The minimum absolute atomic E-state index is 1.07. The monoisotopic (exact) mass is 438 g/mol. The molecule has 0 bridgehead atoms. The molecule has 0 aromatic heterocycles. The van der Waals surface area contributed by atoms with E-state index in [4.69, 9.17) is 0 Å². The molecule has 0 heterocycles. The van der Waals surface area contributed by atoms with E-state index in [-0.39, 0.29) is 0 Å². The Kier molecular flexibility index (Phi) is 12.0. The maximum Gasteiger partial charge on any atom is 0.0297 e. The van der Waals surface area contributed by atoms with E-state index in [2.05, 4.69) is 60.7 Å². The lowest BCUT2D eigenvalue weighted by atomic mass is 10.2. The molecule has 0 aliphatic carbocycles. The summed E-state index contributed by atoms with van der Waals surface area (Å²) in [4.78, 5) is 0. The molecule has 0 amide bonds. The molecule has 0 aliphatic heterocycles. The molecule has 0 nitrogen and oxygen atoms in total. The van der Waals surface area contributed by atoms with E-state index in [1.165, 1.54) is 11.1 Å². The summed E-state index contributed by atoms with van der Waals surface area (Å²) in [5.41, 5.74) is 2.78. The van der Waals surface area contributed by atoms with Crippen molar-refractivity contribution in [1.29, 1.82) is 0 Å². The summed E-state index contributed by atoms with van der Waals surface area (Å²) in [5, 5.41) is 0. The first-order valence-electron chi connectivity index (χ1n) is 6.27. The number of hydrogen-bond acceptors (Lipinski definition) is 8. The largest absolute Gasteiger partial charge is 0.0769 e. The van der Waals surface area contributed by atoms with Crippen LogP contribution in [0.15, 0.2) is 60.7 Å². The van der Waals surface area contributed by atoms with Gasteiger partial charge in [0.25, 0.3) is 0 Å². The minimum Gasteiger partial charge on any atom is -0.0769 e. The molecule has 118 valence electrons. The highest BCUT2D eigenvalue weighted by molar-refractivity contribution is 9.48. The van der Waals surface area contributed by atoms with Crippen LogP contribution in [-0.4, -0.2) is 0 Å². The first-order valence-corrected chi connectivity index (χ1v) is 16.8. The van der Waals surface area contributed by atoms with E-state index in [9.17, 15) is 0 Å². The fraction of sp³-hybridized carbons (Fsp3) is 0.143. The molecular weight excluding hydrogens is 425 g/mol. The number of rotatable bonds is 11. The third kappa shape index (κ3) is 9.52. The van der Waals surface area contributed by atoms with Crippen molar-refractivity contribution in [1.82, 2.24) is 0 Å². The molecule has 0 saturated carbocycles. The molecule has 0 unspecified atom stereocenters. The minimum atomic E-state index is 1.07. The molecule has 22 heavy (non-hydrogen) atoms. The fourth-order valence-corrected chi connectivity index (χ4v) is 18.3. The predicted molar refractivity (Wildman–Crippen MR) is 121 cm³/mol. The Morgan fingerprint density at radius 2 is 0.818 bits per heavy atom. The Labute approximate surface area is 162 Å². The second kappa shape index (κ2) is 13.5. The molecule has 8 heteroatoms. The Morgan fingerprint density at radius 1 is 0.455 bits per heavy atom. The molecule has 0 N–H and O–H groups in total. The van der Waals surface area contributed by atoms with Crippen LogP contribution < -0.4 is 0 Å². The van der Waals surface area contributed by atoms with Gasteiger partial charge >= 0.3 is 0 Å². The molecular formula is C14H14S8. The lowest BCUT2D eigenvalue weighted by Crippen LogP contribution is -1.74. The van der Waals surface area contributed by atoms with Crippen LogP contribution in [-0.2, 0) is 11.5 Å². The first kappa shape index (κ1) is 19.6. The average Bonchev–Trinajstić information content (AvgIpc) is 2.58. The number of benzene rings is 2. The van der Waals surface area contributed by atoms with Gasteiger partial charge in [-0.25, -0.2) is 0 Å². The van der Waals surface area contributed by atoms with E-state index in [0.29, 0.717) is 0 Å². The van der Waals surface area contributed by atoms with Crippen molar-refractivity contribution in [3.63, 3.8) is 0 Å². The Balaban J connectivity index is 1.37. The molecule has 2 aromatic rings. The van der Waals surface area contributed by atoms with Crippen molar-refractivity contribution < 1.29 is 0 Å². The smallest absolute Gasteiger partial charge is 0.0297 e. The van der Waals surface area contributed by atoms with Crippen molar-refractivity contribution in [3.8, 4) is 0 Å². The SMILES string of the molecule is c1ccc(CSSSSSSSSCc2ccccc2)cc1. The van der Waals surface area contributed by atoms with Crippen molar-refractivity contribution in [2.24, 2.45) is 0 Å². The molecule has 2 rings (SSSR count). The van der Waals surface area contributed by atoms with E-state index < -0.39 is 0 Å². The van der Waals surface area contributed by atoms with E-state index >= 15 is 0 Å². The zero-order valence-corrected chi connectivity index (χ0v) is 18.0. The second-order valence-electron chi connectivity index (χ2n) is 3.90. The lowest BCUT2D eigenvalue weighted by Gasteiger charge is -2.01. The normalized spacial score (nSPS) is 10.7. The highest BCUT2D eigenvalue weighted by atomic mass is 34.0. The van der Waals surface area contributed by atoms with Crippen LogP contribution in [0.3, 0.4) is 0 Å². The van der Waals surface area contributed by atoms with Gasteiger partial charge in [0.2, 0.25) is 0 Å². The Hall–Kier alpha value is 1.24. The van der Waals surface area contributed by atoms with Gasteiger partial charge in [0.15, 0.2) is 0 Å². The van der Waals surface area contributed by atoms with Gasteiger partial charge in [-0.15, -0.1) is 0 Å². The van der Waals surface area contributed by atoms with Crippen molar-refractivity contribution in [3.05, 3.63) is 71.8 Å². The van der Waals surface area contributed by atoms with Crippen molar-refractivity contribution in [2.75, 3.05) is 0 Å². The zero-order valence-electron chi connectivity index (χ0n) is 11.5. The van der Waals surface area contributed by atoms with Crippen molar-refractivity contribution in [2.45, 2.75) is 11.5 Å². The zero-order chi connectivity index (χ0) is 15.3. The molecule has 0 spiro atoms. The maximum atomic E-state index is 2.18. The van der Waals surface area contributed by atoms with Crippen LogP contribution in [0.25, 0.3) is 0 Å². The van der Waals surface area contributed by atoms with Crippen LogP contribution in [0.1, 0.15) is 11.1 Å². The van der Waals surface area contributed by atoms with Crippen LogP contribution in [0.5, 0.6) is 0 Å². The Bertz CT molecular complexity index is 445. The molecule has 0 aliphatic rings. The molecule has 0 radical (unpaired) electrons. The van der Waals surface area contributed by atoms with Gasteiger partial charge in [-0.2, -0.15) is 0 Å².